The molecule has 1 unspecified atom stereocenters. The largest absolute Gasteiger partial charge is 0.378 e. The Morgan fingerprint density at radius 1 is 1.07 bits per heavy atom. The van der Waals surface area contributed by atoms with E-state index in [1.807, 2.05) is 38.4 Å². The Balaban J connectivity index is 1.63. The summed E-state index contributed by atoms with van der Waals surface area (Å²) in [6.45, 7) is 0. The predicted octanol–water partition coefficient (Wildman–Crippen LogP) is 4.70. The third-order valence-electron chi connectivity index (χ3n) is 4.27. The van der Waals surface area contributed by atoms with Crippen LogP contribution in [0.2, 0.25) is 5.02 Å². The highest BCUT2D eigenvalue weighted by molar-refractivity contribution is 8.00. The van der Waals surface area contributed by atoms with Crippen LogP contribution in [-0.2, 0) is 4.79 Å². The molecule has 1 saturated heterocycles. The molecular formula is C19H17ClN4OS2. The summed E-state index contributed by atoms with van der Waals surface area (Å²) in [6, 6.07) is 15.7. The molecule has 27 heavy (non-hydrogen) atoms. The van der Waals surface area contributed by atoms with E-state index in [0.717, 1.165) is 21.8 Å². The van der Waals surface area contributed by atoms with Gasteiger partial charge in [0.25, 0.3) is 0 Å². The maximum atomic E-state index is 12.5. The van der Waals surface area contributed by atoms with Gasteiger partial charge in [-0.05, 0) is 29.8 Å². The molecule has 0 spiro atoms. The second kappa shape index (κ2) is 7.50. The summed E-state index contributed by atoms with van der Waals surface area (Å²) in [5.74, 6) is 0.496. The fourth-order valence-electron chi connectivity index (χ4n) is 2.84. The molecule has 2 heterocycles. The zero-order valence-electron chi connectivity index (χ0n) is 14.8. The quantitative estimate of drug-likeness (QED) is 0.616. The average Bonchev–Trinajstić information content (AvgIpc) is 3.29. The van der Waals surface area contributed by atoms with Crippen LogP contribution in [0.3, 0.4) is 0 Å². The third-order valence-corrected chi connectivity index (χ3v) is 6.71. The number of anilines is 2. The highest BCUT2D eigenvalue weighted by atomic mass is 35.5. The van der Waals surface area contributed by atoms with Crippen molar-refractivity contribution in [1.29, 1.82) is 0 Å². The fourth-order valence-corrected chi connectivity index (χ4v) is 5.08. The number of amides is 1. The average molecular weight is 417 g/mol. The number of hydrogen-bond acceptors (Lipinski definition) is 6. The minimum atomic E-state index is -0.0836. The lowest BCUT2D eigenvalue weighted by Gasteiger charge is -2.22. The number of nitrogens with zero attached hydrogens (tertiary/aromatic N) is 4. The lowest BCUT2D eigenvalue weighted by molar-refractivity contribution is -0.115. The highest BCUT2D eigenvalue weighted by Crippen LogP contribution is 2.43. The summed E-state index contributed by atoms with van der Waals surface area (Å²) in [5.41, 5.74) is 3.15. The van der Waals surface area contributed by atoms with Crippen molar-refractivity contribution >= 4 is 51.4 Å². The normalized spacial score (nSPS) is 16.8. The van der Waals surface area contributed by atoms with Gasteiger partial charge in [0, 0.05) is 30.4 Å². The van der Waals surface area contributed by atoms with Crippen LogP contribution in [0, 0.1) is 0 Å². The van der Waals surface area contributed by atoms with Gasteiger partial charge in [0.2, 0.25) is 11.0 Å². The summed E-state index contributed by atoms with van der Waals surface area (Å²) < 4.78 is 0. The van der Waals surface area contributed by atoms with Crippen LogP contribution in [0.4, 0.5) is 10.8 Å². The zero-order valence-corrected chi connectivity index (χ0v) is 17.2. The predicted molar refractivity (Wildman–Crippen MR) is 114 cm³/mol. The second-order valence-corrected chi connectivity index (χ2v) is 8.77. The van der Waals surface area contributed by atoms with Gasteiger partial charge in [-0.3, -0.25) is 9.69 Å². The third kappa shape index (κ3) is 3.67. The summed E-state index contributed by atoms with van der Waals surface area (Å²) in [4.78, 5) is 16.4. The molecule has 5 nitrogen and oxygen atoms in total. The van der Waals surface area contributed by atoms with E-state index in [0.29, 0.717) is 15.9 Å². The minimum Gasteiger partial charge on any atom is -0.378 e. The van der Waals surface area contributed by atoms with Crippen molar-refractivity contribution in [3.05, 3.63) is 59.1 Å². The Morgan fingerprint density at radius 2 is 1.78 bits per heavy atom. The number of carbonyl (C=O) groups excluding carboxylic acids is 1. The number of aromatic nitrogens is 2. The second-order valence-electron chi connectivity index (χ2n) is 6.31. The number of hydrogen-bond donors (Lipinski definition) is 0. The molecule has 0 aliphatic carbocycles. The van der Waals surface area contributed by atoms with E-state index in [1.54, 1.807) is 16.7 Å². The van der Waals surface area contributed by atoms with Crippen molar-refractivity contribution in [2.75, 3.05) is 29.6 Å². The van der Waals surface area contributed by atoms with Gasteiger partial charge in [-0.2, -0.15) is 0 Å². The highest BCUT2D eigenvalue weighted by Gasteiger charge is 2.36. The van der Waals surface area contributed by atoms with E-state index in [1.165, 1.54) is 11.3 Å². The zero-order chi connectivity index (χ0) is 19.0. The van der Waals surface area contributed by atoms with Crippen LogP contribution in [-0.4, -0.2) is 36.0 Å². The molecule has 4 rings (SSSR count). The van der Waals surface area contributed by atoms with E-state index >= 15 is 0 Å². The van der Waals surface area contributed by atoms with Gasteiger partial charge in [0.05, 0.1) is 5.75 Å². The Bertz CT molecular complexity index is 957. The smallest absolute Gasteiger partial charge is 0.240 e. The molecule has 1 amide bonds. The Labute approximate surface area is 171 Å². The van der Waals surface area contributed by atoms with Crippen LogP contribution in [0.15, 0.2) is 48.5 Å². The number of thioether (sulfide) groups is 1. The molecule has 1 fully saturated rings. The molecule has 0 radical (unpaired) electrons. The first-order chi connectivity index (χ1) is 13.0. The van der Waals surface area contributed by atoms with Crippen LogP contribution >= 0.6 is 34.7 Å². The molecule has 3 aromatic rings. The van der Waals surface area contributed by atoms with E-state index < -0.39 is 0 Å². The lowest BCUT2D eigenvalue weighted by atomic mass is 10.2. The van der Waals surface area contributed by atoms with Gasteiger partial charge in [-0.15, -0.1) is 22.0 Å². The first kappa shape index (κ1) is 18.3. The molecule has 0 N–H and O–H groups in total. The fraction of sp³-hybridized carbons (Fsp3) is 0.211. The number of rotatable bonds is 4. The minimum absolute atomic E-state index is 0.0560. The number of benzene rings is 2. The van der Waals surface area contributed by atoms with Gasteiger partial charge >= 0.3 is 0 Å². The van der Waals surface area contributed by atoms with Crippen molar-refractivity contribution in [3.8, 4) is 10.6 Å². The summed E-state index contributed by atoms with van der Waals surface area (Å²) in [5, 5.41) is 10.6. The molecule has 138 valence electrons. The first-order valence-corrected chi connectivity index (χ1v) is 10.6. The molecule has 1 aromatic heterocycles. The van der Waals surface area contributed by atoms with E-state index in [4.69, 9.17) is 11.6 Å². The van der Waals surface area contributed by atoms with Gasteiger partial charge in [-0.25, -0.2) is 0 Å². The van der Waals surface area contributed by atoms with Crippen molar-refractivity contribution < 1.29 is 4.79 Å². The molecule has 0 saturated carbocycles. The van der Waals surface area contributed by atoms with Crippen LogP contribution in [0.5, 0.6) is 0 Å². The van der Waals surface area contributed by atoms with Gasteiger partial charge in [-0.1, -0.05) is 47.2 Å². The van der Waals surface area contributed by atoms with Gasteiger partial charge < -0.3 is 4.90 Å². The molecule has 0 bridgehead atoms. The number of halogens is 1. The molecule has 8 heteroatoms. The topological polar surface area (TPSA) is 49.3 Å². The Hall–Kier alpha value is -2.09. The number of carbonyl (C=O) groups is 1. The van der Waals surface area contributed by atoms with Crippen LogP contribution in [0.1, 0.15) is 10.9 Å². The van der Waals surface area contributed by atoms with Gasteiger partial charge in [0.1, 0.15) is 10.4 Å². The van der Waals surface area contributed by atoms with E-state index in [9.17, 15) is 4.79 Å². The Kier molecular flexibility index (Phi) is 5.08. The van der Waals surface area contributed by atoms with Gasteiger partial charge in [0.15, 0.2) is 0 Å². The van der Waals surface area contributed by atoms with Crippen molar-refractivity contribution in [2.24, 2.45) is 0 Å². The van der Waals surface area contributed by atoms with Crippen molar-refractivity contribution in [3.63, 3.8) is 0 Å². The molecule has 2 aromatic carbocycles. The molecule has 1 aliphatic heterocycles. The van der Waals surface area contributed by atoms with Crippen LogP contribution < -0.4 is 9.80 Å². The SMILES string of the molecule is CN(C)c1ccc(C2SCC(=O)N2c2nnc(-c3ccc(Cl)cc3)s2)cc1. The summed E-state index contributed by atoms with van der Waals surface area (Å²) >= 11 is 8.98. The van der Waals surface area contributed by atoms with Crippen molar-refractivity contribution in [1.82, 2.24) is 10.2 Å². The van der Waals surface area contributed by atoms with E-state index in [2.05, 4.69) is 39.4 Å². The first-order valence-electron chi connectivity index (χ1n) is 8.33. The molecule has 1 aliphatic rings. The molecular weight excluding hydrogens is 400 g/mol. The monoisotopic (exact) mass is 416 g/mol. The summed E-state index contributed by atoms with van der Waals surface area (Å²) in [7, 11) is 4.02. The lowest BCUT2D eigenvalue weighted by Crippen LogP contribution is -2.27. The molecule has 1 atom stereocenters. The maximum absolute atomic E-state index is 12.5. The van der Waals surface area contributed by atoms with E-state index in [-0.39, 0.29) is 11.3 Å². The summed E-state index contributed by atoms with van der Waals surface area (Å²) in [6.07, 6.45) is 0. The van der Waals surface area contributed by atoms with Crippen LogP contribution in [0.25, 0.3) is 10.6 Å². The van der Waals surface area contributed by atoms with Crippen molar-refractivity contribution in [2.45, 2.75) is 5.37 Å². The Morgan fingerprint density at radius 3 is 2.44 bits per heavy atom. The standard InChI is InChI=1S/C19H17ClN4OS2/c1-23(2)15-9-5-13(6-10-15)18-24(16(25)11-26-18)19-22-21-17(27-19)12-3-7-14(20)8-4-12/h3-10,18H,11H2,1-2H3. The maximum Gasteiger partial charge on any atom is 0.240 e.